The zero-order valence-electron chi connectivity index (χ0n) is 35.3. The van der Waals surface area contributed by atoms with Gasteiger partial charge in [0.15, 0.2) is 12.4 Å². The number of hydrogen-bond acceptors (Lipinski definition) is 10. The first kappa shape index (κ1) is 52.2. The Morgan fingerprint density at radius 1 is 0.544 bits per heavy atom. The molecule has 1 aliphatic heterocycles. The quantitative estimate of drug-likeness (QED) is 0.0277. The van der Waals surface area contributed by atoms with E-state index in [-0.39, 0.29) is 26.1 Å². The van der Waals surface area contributed by atoms with Gasteiger partial charge in [0.25, 0.3) is 0 Å². The molecule has 1 fully saturated rings. The van der Waals surface area contributed by atoms with Crippen molar-refractivity contribution in [3.8, 4) is 0 Å². The van der Waals surface area contributed by atoms with E-state index in [4.69, 9.17) is 18.9 Å². The van der Waals surface area contributed by atoms with E-state index in [0.29, 0.717) is 12.8 Å². The highest BCUT2D eigenvalue weighted by Gasteiger charge is 2.44. The average molecular weight is 803 g/mol. The second-order valence-electron chi connectivity index (χ2n) is 14.8. The summed E-state index contributed by atoms with van der Waals surface area (Å²) in [7, 11) is 0. The van der Waals surface area contributed by atoms with Crippen molar-refractivity contribution in [1.82, 2.24) is 0 Å². The Bertz CT molecular complexity index is 1160. The van der Waals surface area contributed by atoms with Crippen molar-refractivity contribution in [2.24, 2.45) is 0 Å². The largest absolute Gasteiger partial charge is 0.462 e. The molecule has 10 heteroatoms. The summed E-state index contributed by atoms with van der Waals surface area (Å²) in [5.74, 6) is -0.884. The number of carbonyl (C=O) groups is 2. The molecule has 1 rings (SSSR count). The minimum Gasteiger partial charge on any atom is -0.462 e. The SMILES string of the molecule is CCCCC/C=C/C/C=C/C/C=C/CCCCCCC(=O)O[C@H](COC(=O)CCCC/C=C/C/C=C/C/C=C/CCCCC)CO[C@@H]1O[C@H](CO)[C@H](O)C(O)C1O. The number of hydrogen-bond donors (Lipinski definition) is 4. The Kier molecular flexibility index (Phi) is 34.2. The summed E-state index contributed by atoms with van der Waals surface area (Å²) < 4.78 is 22.1. The zero-order valence-corrected chi connectivity index (χ0v) is 35.3. The van der Waals surface area contributed by atoms with Crippen LogP contribution in [0.3, 0.4) is 0 Å². The van der Waals surface area contributed by atoms with Gasteiger partial charge in [0.1, 0.15) is 31.0 Å². The fraction of sp³-hybridized carbons (Fsp3) is 0.702. The van der Waals surface area contributed by atoms with Crippen molar-refractivity contribution in [2.45, 2.75) is 192 Å². The highest BCUT2D eigenvalue weighted by atomic mass is 16.7. The van der Waals surface area contributed by atoms with Crippen molar-refractivity contribution in [1.29, 1.82) is 0 Å². The number of aliphatic hydroxyl groups excluding tert-OH is 4. The van der Waals surface area contributed by atoms with E-state index < -0.39 is 55.4 Å². The first-order valence-electron chi connectivity index (χ1n) is 22.0. The van der Waals surface area contributed by atoms with E-state index in [1.807, 2.05) is 0 Å². The van der Waals surface area contributed by atoms with Gasteiger partial charge >= 0.3 is 11.9 Å². The summed E-state index contributed by atoms with van der Waals surface area (Å²) in [5, 5.41) is 40.0. The number of esters is 2. The summed E-state index contributed by atoms with van der Waals surface area (Å²) in [4.78, 5) is 25.3. The highest BCUT2D eigenvalue weighted by Crippen LogP contribution is 2.22. The lowest BCUT2D eigenvalue weighted by Crippen LogP contribution is -2.59. The summed E-state index contributed by atoms with van der Waals surface area (Å²) in [6, 6.07) is 0. The molecule has 0 aromatic heterocycles. The van der Waals surface area contributed by atoms with Crippen LogP contribution >= 0.6 is 0 Å². The van der Waals surface area contributed by atoms with E-state index >= 15 is 0 Å². The summed E-state index contributed by atoms with van der Waals surface area (Å²) >= 11 is 0. The van der Waals surface area contributed by atoms with Gasteiger partial charge in [-0.05, 0) is 89.9 Å². The summed E-state index contributed by atoms with van der Waals surface area (Å²) in [6.07, 6.45) is 39.0. The van der Waals surface area contributed by atoms with Crippen molar-refractivity contribution >= 4 is 11.9 Å². The number of allylic oxidation sites excluding steroid dienone is 12. The smallest absolute Gasteiger partial charge is 0.306 e. The number of aliphatic hydroxyl groups is 4. The maximum Gasteiger partial charge on any atom is 0.306 e. The van der Waals surface area contributed by atoms with E-state index in [2.05, 4.69) is 86.8 Å². The van der Waals surface area contributed by atoms with Crippen LogP contribution in [0.1, 0.15) is 155 Å². The molecular formula is C47H78O10. The van der Waals surface area contributed by atoms with Gasteiger partial charge in [0.05, 0.1) is 13.2 Å². The Labute approximate surface area is 344 Å². The van der Waals surface area contributed by atoms with Crippen LogP contribution in [0, 0.1) is 0 Å². The van der Waals surface area contributed by atoms with Gasteiger partial charge in [-0.1, -0.05) is 125 Å². The monoisotopic (exact) mass is 803 g/mol. The Balaban J connectivity index is 2.40. The predicted molar refractivity (Wildman–Crippen MR) is 228 cm³/mol. The van der Waals surface area contributed by atoms with Crippen LogP contribution in [0.5, 0.6) is 0 Å². The molecule has 1 heterocycles. The van der Waals surface area contributed by atoms with Crippen LogP contribution in [-0.2, 0) is 28.5 Å². The Morgan fingerprint density at radius 3 is 1.49 bits per heavy atom. The van der Waals surface area contributed by atoms with E-state index in [1.54, 1.807) is 0 Å². The molecule has 326 valence electrons. The van der Waals surface area contributed by atoms with Gasteiger partial charge in [0, 0.05) is 12.8 Å². The molecule has 4 N–H and O–H groups in total. The third-order valence-corrected chi connectivity index (χ3v) is 9.56. The molecule has 0 spiro atoms. The first-order valence-corrected chi connectivity index (χ1v) is 22.0. The second kappa shape index (κ2) is 37.4. The van der Waals surface area contributed by atoms with Crippen molar-refractivity contribution in [3.63, 3.8) is 0 Å². The van der Waals surface area contributed by atoms with E-state index in [1.165, 1.54) is 44.9 Å². The molecule has 0 bridgehead atoms. The number of ether oxygens (including phenoxy) is 4. The number of unbranched alkanes of at least 4 members (excludes halogenated alkanes) is 12. The maximum absolute atomic E-state index is 12.8. The second-order valence-corrected chi connectivity index (χ2v) is 14.8. The molecule has 0 aliphatic carbocycles. The Hall–Kier alpha value is -2.86. The minimum absolute atomic E-state index is 0.192. The lowest BCUT2D eigenvalue weighted by Gasteiger charge is -2.39. The summed E-state index contributed by atoms with van der Waals surface area (Å²) in [5.41, 5.74) is 0. The molecule has 1 saturated heterocycles. The normalized spacial score (nSPS) is 21.0. The third-order valence-electron chi connectivity index (χ3n) is 9.56. The van der Waals surface area contributed by atoms with Crippen LogP contribution in [0.25, 0.3) is 0 Å². The van der Waals surface area contributed by atoms with Gasteiger partial charge in [-0.2, -0.15) is 0 Å². The molecule has 1 aliphatic rings. The minimum atomic E-state index is -1.61. The molecule has 0 aromatic carbocycles. The number of rotatable bonds is 35. The molecule has 0 amide bonds. The van der Waals surface area contributed by atoms with E-state index in [0.717, 1.165) is 70.6 Å². The molecular weight excluding hydrogens is 725 g/mol. The topological polar surface area (TPSA) is 152 Å². The lowest BCUT2D eigenvalue weighted by molar-refractivity contribution is -0.305. The van der Waals surface area contributed by atoms with E-state index in [9.17, 15) is 30.0 Å². The average Bonchev–Trinajstić information content (AvgIpc) is 3.21. The lowest BCUT2D eigenvalue weighted by atomic mass is 9.99. The van der Waals surface area contributed by atoms with Crippen molar-refractivity contribution < 1.29 is 49.0 Å². The van der Waals surface area contributed by atoms with Crippen molar-refractivity contribution in [3.05, 3.63) is 72.9 Å². The molecule has 0 radical (unpaired) electrons. The molecule has 10 nitrogen and oxygen atoms in total. The number of carbonyl (C=O) groups excluding carboxylic acids is 2. The standard InChI is InChI=1S/C47H78O10/c1-3-5-7-9-11-13-15-17-19-20-22-24-26-28-30-32-34-36-43(50)56-40(39-55-47-46(53)45(52)44(51)41(37-48)57-47)38-54-42(49)35-33-31-29-27-25-23-21-18-16-14-12-10-8-6-4-2/h11-14,17-19,21-22,24-25,27,40-41,44-48,51-53H,3-10,15-16,20,23,26,28-39H2,1-2H3/b13-11+,14-12+,19-17+,21-18+,24-22+,27-25+/t40-,41-,44+,45?,46?,47-/m1/s1. The van der Waals surface area contributed by atoms with Crippen LogP contribution in [-0.4, -0.2) is 89.0 Å². The molecule has 6 atom stereocenters. The van der Waals surface area contributed by atoms with Gasteiger partial charge in [-0.25, -0.2) is 0 Å². The molecule has 57 heavy (non-hydrogen) atoms. The van der Waals surface area contributed by atoms with Crippen LogP contribution in [0.2, 0.25) is 0 Å². The maximum atomic E-state index is 12.8. The molecule has 0 saturated carbocycles. The first-order chi connectivity index (χ1) is 27.8. The van der Waals surface area contributed by atoms with Crippen LogP contribution in [0.4, 0.5) is 0 Å². The third kappa shape index (κ3) is 29.1. The predicted octanol–water partition coefficient (Wildman–Crippen LogP) is 9.22. The van der Waals surface area contributed by atoms with Crippen LogP contribution < -0.4 is 0 Å². The van der Waals surface area contributed by atoms with Crippen LogP contribution in [0.15, 0.2) is 72.9 Å². The molecule has 2 unspecified atom stereocenters. The molecule has 0 aromatic rings. The zero-order chi connectivity index (χ0) is 41.6. The van der Waals surface area contributed by atoms with Gasteiger partial charge in [-0.15, -0.1) is 0 Å². The highest BCUT2D eigenvalue weighted by molar-refractivity contribution is 5.70. The Morgan fingerprint density at radius 2 is 0.982 bits per heavy atom. The van der Waals surface area contributed by atoms with Crippen molar-refractivity contribution in [2.75, 3.05) is 19.8 Å². The van der Waals surface area contributed by atoms with Gasteiger partial charge in [-0.3, -0.25) is 9.59 Å². The fourth-order valence-corrected chi connectivity index (χ4v) is 6.02. The summed E-state index contributed by atoms with van der Waals surface area (Å²) in [6.45, 7) is 3.28. The van der Waals surface area contributed by atoms with Gasteiger partial charge in [0.2, 0.25) is 0 Å². The fourth-order valence-electron chi connectivity index (χ4n) is 6.02. The van der Waals surface area contributed by atoms with Gasteiger partial charge < -0.3 is 39.4 Å².